The van der Waals surface area contributed by atoms with Gasteiger partial charge in [0.25, 0.3) is 5.91 Å². The Kier molecular flexibility index (Phi) is 6.19. The molecule has 0 bridgehead atoms. The van der Waals surface area contributed by atoms with E-state index < -0.39 is 5.91 Å². The van der Waals surface area contributed by atoms with E-state index in [-0.39, 0.29) is 0 Å². The Morgan fingerprint density at radius 1 is 1.00 bits per heavy atom. The summed E-state index contributed by atoms with van der Waals surface area (Å²) in [6.45, 7) is 2.83. The lowest BCUT2D eigenvalue weighted by atomic mass is 10.1. The van der Waals surface area contributed by atoms with Crippen LogP contribution in [0.5, 0.6) is 5.75 Å². The van der Waals surface area contributed by atoms with Crippen molar-refractivity contribution < 1.29 is 9.53 Å². The van der Waals surface area contributed by atoms with Gasteiger partial charge in [-0.2, -0.15) is 0 Å². The number of carbonyl (C=O) groups is 1. The van der Waals surface area contributed by atoms with Crippen LogP contribution in [0.4, 0.5) is 17.1 Å². The van der Waals surface area contributed by atoms with Gasteiger partial charge in [-0.15, -0.1) is 0 Å². The van der Waals surface area contributed by atoms with Crippen LogP contribution in [-0.2, 0) is 0 Å². The van der Waals surface area contributed by atoms with E-state index in [0.29, 0.717) is 29.4 Å². The first kappa shape index (κ1) is 19.7. The van der Waals surface area contributed by atoms with Crippen molar-refractivity contribution in [3.05, 3.63) is 82.9 Å². The van der Waals surface area contributed by atoms with Crippen LogP contribution in [-0.4, -0.2) is 19.1 Å². The molecule has 3 aromatic carbocycles. The van der Waals surface area contributed by atoms with Crippen LogP contribution >= 0.6 is 11.6 Å². The van der Waals surface area contributed by atoms with Gasteiger partial charge >= 0.3 is 0 Å². The summed E-state index contributed by atoms with van der Waals surface area (Å²) < 4.78 is 5.57. The third-order valence-electron chi connectivity index (χ3n) is 4.37. The lowest BCUT2D eigenvalue weighted by molar-refractivity contribution is 0.100. The number of benzene rings is 3. The molecule has 0 saturated carbocycles. The second-order valence-electron chi connectivity index (χ2n) is 6.23. The fourth-order valence-electron chi connectivity index (χ4n) is 2.99. The predicted molar refractivity (Wildman–Crippen MR) is 114 cm³/mol. The number of para-hydroxylation sites is 1. The minimum absolute atomic E-state index is 0.422. The van der Waals surface area contributed by atoms with Crippen molar-refractivity contribution in [1.29, 1.82) is 0 Å². The van der Waals surface area contributed by atoms with Gasteiger partial charge < -0.3 is 21.1 Å². The number of ether oxygens (including phenoxy) is 1. The molecule has 3 aromatic rings. The Morgan fingerprint density at radius 3 is 2.36 bits per heavy atom. The summed E-state index contributed by atoms with van der Waals surface area (Å²) in [5, 5.41) is 0.641. The SMILES string of the molecule is Cc1c(Cl)cccc1N(c1ccc(OCCN)cc1)c1ccccc1C(N)=O. The third kappa shape index (κ3) is 4.11. The van der Waals surface area contributed by atoms with E-state index in [9.17, 15) is 4.79 Å². The molecule has 0 aliphatic carbocycles. The van der Waals surface area contributed by atoms with Crippen molar-refractivity contribution in [3.8, 4) is 5.75 Å². The second-order valence-corrected chi connectivity index (χ2v) is 6.64. The molecule has 0 aliphatic heterocycles. The third-order valence-corrected chi connectivity index (χ3v) is 4.78. The normalized spacial score (nSPS) is 10.5. The summed E-state index contributed by atoms with van der Waals surface area (Å²) in [4.78, 5) is 14.0. The fourth-order valence-corrected chi connectivity index (χ4v) is 3.16. The van der Waals surface area contributed by atoms with Crippen molar-refractivity contribution in [2.75, 3.05) is 18.1 Å². The number of primary amides is 1. The Labute approximate surface area is 169 Å². The van der Waals surface area contributed by atoms with E-state index in [1.165, 1.54) is 0 Å². The molecule has 144 valence electrons. The van der Waals surface area contributed by atoms with Crippen molar-refractivity contribution >= 4 is 34.6 Å². The van der Waals surface area contributed by atoms with Gasteiger partial charge in [0.05, 0.1) is 16.9 Å². The van der Waals surface area contributed by atoms with Gasteiger partial charge in [-0.05, 0) is 61.0 Å². The second kappa shape index (κ2) is 8.78. The number of nitrogens with two attached hydrogens (primary N) is 2. The van der Waals surface area contributed by atoms with E-state index in [2.05, 4.69) is 0 Å². The van der Waals surface area contributed by atoms with Crippen LogP contribution in [0.1, 0.15) is 15.9 Å². The summed E-state index contributed by atoms with van der Waals surface area (Å²) in [5.74, 6) is 0.225. The first-order valence-corrected chi connectivity index (χ1v) is 9.27. The molecule has 3 rings (SSSR count). The maximum Gasteiger partial charge on any atom is 0.250 e. The molecule has 6 heteroatoms. The number of rotatable bonds is 7. The standard InChI is InChI=1S/C22H22ClN3O2/c1-15-19(23)6-4-8-20(15)26(21-7-3-2-5-18(21)22(25)27)16-9-11-17(12-10-16)28-14-13-24/h2-12H,13-14,24H2,1H3,(H2,25,27). The predicted octanol–water partition coefficient (Wildman–Crippen LogP) is 4.55. The number of amides is 1. The van der Waals surface area contributed by atoms with Crippen LogP contribution in [0.25, 0.3) is 0 Å². The van der Waals surface area contributed by atoms with Crippen LogP contribution in [0, 0.1) is 6.92 Å². The maximum absolute atomic E-state index is 12.1. The number of anilines is 3. The van der Waals surface area contributed by atoms with E-state index in [0.717, 1.165) is 22.7 Å². The molecule has 0 saturated heterocycles. The van der Waals surface area contributed by atoms with Gasteiger partial charge in [-0.3, -0.25) is 4.79 Å². The molecule has 1 amide bonds. The molecule has 0 fully saturated rings. The molecule has 0 aromatic heterocycles. The highest BCUT2D eigenvalue weighted by atomic mass is 35.5. The van der Waals surface area contributed by atoms with Crippen LogP contribution < -0.4 is 21.1 Å². The number of halogens is 1. The Hall–Kier alpha value is -3.02. The first-order chi connectivity index (χ1) is 13.5. The molecule has 28 heavy (non-hydrogen) atoms. The van der Waals surface area contributed by atoms with E-state index in [4.69, 9.17) is 27.8 Å². The molecular formula is C22H22ClN3O2. The highest BCUT2D eigenvalue weighted by Crippen LogP contribution is 2.40. The molecule has 0 heterocycles. The van der Waals surface area contributed by atoms with Crippen LogP contribution in [0.2, 0.25) is 5.02 Å². The Morgan fingerprint density at radius 2 is 1.68 bits per heavy atom. The molecule has 0 unspecified atom stereocenters. The first-order valence-electron chi connectivity index (χ1n) is 8.90. The van der Waals surface area contributed by atoms with Crippen molar-refractivity contribution in [2.45, 2.75) is 6.92 Å². The lowest BCUT2D eigenvalue weighted by Gasteiger charge is -2.28. The zero-order valence-corrected chi connectivity index (χ0v) is 16.3. The zero-order chi connectivity index (χ0) is 20.1. The minimum atomic E-state index is -0.497. The lowest BCUT2D eigenvalue weighted by Crippen LogP contribution is -2.19. The summed E-state index contributed by atoms with van der Waals surface area (Å²) >= 11 is 6.37. The van der Waals surface area contributed by atoms with Crippen molar-refractivity contribution in [2.24, 2.45) is 11.5 Å². The maximum atomic E-state index is 12.1. The van der Waals surface area contributed by atoms with Gasteiger partial charge in [0.15, 0.2) is 0 Å². The van der Waals surface area contributed by atoms with Gasteiger partial charge in [0.1, 0.15) is 12.4 Å². The summed E-state index contributed by atoms with van der Waals surface area (Å²) in [6, 6.07) is 20.5. The van der Waals surface area contributed by atoms with Gasteiger partial charge in [-0.1, -0.05) is 29.8 Å². The fraction of sp³-hybridized carbons (Fsp3) is 0.136. The average Bonchev–Trinajstić information content (AvgIpc) is 2.71. The molecule has 0 radical (unpaired) electrons. The molecule has 0 atom stereocenters. The van der Waals surface area contributed by atoms with Crippen LogP contribution in [0.3, 0.4) is 0 Å². The van der Waals surface area contributed by atoms with Crippen molar-refractivity contribution in [3.63, 3.8) is 0 Å². The number of hydrogen-bond donors (Lipinski definition) is 2. The summed E-state index contributed by atoms with van der Waals surface area (Å²) in [7, 11) is 0. The largest absolute Gasteiger partial charge is 0.492 e. The minimum Gasteiger partial charge on any atom is -0.492 e. The Balaban J connectivity index is 2.16. The quantitative estimate of drug-likeness (QED) is 0.614. The smallest absolute Gasteiger partial charge is 0.250 e. The molecule has 4 N–H and O–H groups in total. The van der Waals surface area contributed by atoms with E-state index in [1.807, 2.05) is 66.4 Å². The number of nitrogens with zero attached hydrogens (tertiary/aromatic N) is 1. The highest BCUT2D eigenvalue weighted by molar-refractivity contribution is 6.31. The topological polar surface area (TPSA) is 81.6 Å². The summed E-state index contributed by atoms with van der Waals surface area (Å²) in [5.41, 5.74) is 14.8. The van der Waals surface area contributed by atoms with E-state index >= 15 is 0 Å². The van der Waals surface area contributed by atoms with Gasteiger partial charge in [0, 0.05) is 17.3 Å². The van der Waals surface area contributed by atoms with Gasteiger partial charge in [0.2, 0.25) is 0 Å². The highest BCUT2D eigenvalue weighted by Gasteiger charge is 2.20. The van der Waals surface area contributed by atoms with Crippen LogP contribution in [0.15, 0.2) is 66.7 Å². The van der Waals surface area contributed by atoms with E-state index in [1.54, 1.807) is 12.1 Å². The number of hydrogen-bond acceptors (Lipinski definition) is 4. The molecule has 0 aliphatic rings. The number of carbonyl (C=O) groups excluding carboxylic acids is 1. The monoisotopic (exact) mass is 395 g/mol. The molecule has 0 spiro atoms. The zero-order valence-electron chi connectivity index (χ0n) is 15.6. The molecule has 5 nitrogen and oxygen atoms in total. The Bertz CT molecular complexity index is 974. The average molecular weight is 396 g/mol. The molecular weight excluding hydrogens is 374 g/mol. The van der Waals surface area contributed by atoms with Crippen molar-refractivity contribution in [1.82, 2.24) is 0 Å². The van der Waals surface area contributed by atoms with Gasteiger partial charge in [-0.25, -0.2) is 0 Å². The summed E-state index contributed by atoms with van der Waals surface area (Å²) in [6.07, 6.45) is 0.